The number of fused-ring (bicyclic) bond motifs is 2. The molecule has 0 fully saturated rings. The number of hydrazine groups is 1. The number of hydrogen-bond acceptors (Lipinski definition) is 8. The zero-order chi connectivity index (χ0) is 30.0. The lowest BCUT2D eigenvalue weighted by Crippen LogP contribution is -2.35. The molecule has 0 radical (unpaired) electrons. The number of non-ortho nitro benzene ring substituents is 1. The highest BCUT2D eigenvalue weighted by Gasteiger charge is 2.26. The van der Waals surface area contributed by atoms with E-state index >= 15 is 0 Å². The summed E-state index contributed by atoms with van der Waals surface area (Å²) in [4.78, 5) is 36.9. The number of nitrogens with one attached hydrogen (secondary N) is 1. The number of nitrogens with two attached hydrogens (primary N) is 1. The van der Waals surface area contributed by atoms with Crippen LogP contribution in [-0.2, 0) is 11.3 Å². The number of rotatable bonds is 8. The molecule has 0 saturated heterocycles. The summed E-state index contributed by atoms with van der Waals surface area (Å²) in [6.07, 6.45) is 7.86. The van der Waals surface area contributed by atoms with Gasteiger partial charge in [0.15, 0.2) is 12.7 Å². The minimum atomic E-state index is -0.769. The standard InChI is InChI=1S/C30H26N6O5S/c1-19(30(37)32-31)23-12-10-20(16-27(23)36(40)41)18-34-15-14-21(24-7-3-4-8-25(24)34)6-5-9-29-33(2)26-13-11-22(35(38)39)17-28(26)42-29/h3-17,19H,18,31H2,1-2H3/p+1. The maximum atomic E-state index is 12.0. The Balaban J connectivity index is 1.41. The summed E-state index contributed by atoms with van der Waals surface area (Å²) >= 11 is 1.48. The van der Waals surface area contributed by atoms with Crippen molar-refractivity contribution in [2.75, 3.05) is 11.9 Å². The molecule has 3 aromatic carbocycles. The molecule has 12 heteroatoms. The van der Waals surface area contributed by atoms with E-state index in [0.29, 0.717) is 12.1 Å². The van der Waals surface area contributed by atoms with Crippen molar-refractivity contribution in [2.45, 2.75) is 24.3 Å². The highest BCUT2D eigenvalue weighted by Crippen LogP contribution is 2.46. The maximum absolute atomic E-state index is 12.0. The summed E-state index contributed by atoms with van der Waals surface area (Å²) in [6, 6.07) is 19.6. The van der Waals surface area contributed by atoms with Crippen molar-refractivity contribution in [3.05, 3.63) is 127 Å². The third-order valence-corrected chi connectivity index (χ3v) is 8.35. The van der Waals surface area contributed by atoms with Crippen LogP contribution in [-0.4, -0.2) is 22.8 Å². The van der Waals surface area contributed by atoms with Crippen molar-refractivity contribution in [3.63, 3.8) is 0 Å². The number of nitro benzene ring substituents is 2. The van der Waals surface area contributed by atoms with E-state index in [0.717, 1.165) is 37.6 Å². The number of carbonyl (C=O) groups is 1. The quantitative estimate of drug-likeness (QED) is 0.0947. The van der Waals surface area contributed by atoms with E-state index in [-0.39, 0.29) is 11.4 Å². The van der Waals surface area contributed by atoms with Gasteiger partial charge in [0.05, 0.1) is 31.9 Å². The SMILES string of the molecule is CC(C(=O)NN)c1ccc(C[n+]2ccc(/C=C/C=C3/Sc4cc([N+](=O)[O-])ccc4N3C)c3ccccc32)cc1[N+](=O)[O-]. The summed E-state index contributed by atoms with van der Waals surface area (Å²) < 4.78 is 2.02. The molecule has 0 aliphatic carbocycles. The van der Waals surface area contributed by atoms with Crippen LogP contribution in [0.1, 0.15) is 29.5 Å². The highest BCUT2D eigenvalue weighted by atomic mass is 32.2. The van der Waals surface area contributed by atoms with Crippen LogP contribution in [0, 0.1) is 20.2 Å². The van der Waals surface area contributed by atoms with Gasteiger partial charge in [0.1, 0.15) is 0 Å². The van der Waals surface area contributed by atoms with E-state index in [2.05, 4.69) is 5.43 Å². The highest BCUT2D eigenvalue weighted by molar-refractivity contribution is 8.03. The molecule has 1 unspecified atom stereocenters. The first-order valence-electron chi connectivity index (χ1n) is 12.9. The topological polar surface area (TPSA) is 149 Å². The lowest BCUT2D eigenvalue weighted by molar-refractivity contribution is -0.662. The molecular weight excluding hydrogens is 556 g/mol. The summed E-state index contributed by atoms with van der Waals surface area (Å²) in [5.74, 6) is 3.96. The van der Waals surface area contributed by atoms with Gasteiger partial charge < -0.3 is 4.90 Å². The number of hydrogen-bond donors (Lipinski definition) is 2. The predicted molar refractivity (Wildman–Crippen MR) is 162 cm³/mol. The number of para-hydroxylation sites is 1. The Labute approximate surface area is 245 Å². The number of nitrogens with zero attached hydrogens (tertiary/aromatic N) is 4. The van der Waals surface area contributed by atoms with E-state index < -0.39 is 21.7 Å². The Morgan fingerprint density at radius 1 is 1.10 bits per heavy atom. The molecular formula is C30H27N6O5S+. The van der Waals surface area contributed by atoms with Crippen molar-refractivity contribution < 1.29 is 19.2 Å². The molecule has 0 bridgehead atoms. The monoisotopic (exact) mass is 583 g/mol. The number of nitro groups is 2. The lowest BCUT2D eigenvalue weighted by atomic mass is 9.97. The first-order chi connectivity index (χ1) is 20.2. The molecule has 4 aromatic rings. The zero-order valence-electron chi connectivity index (χ0n) is 22.8. The van der Waals surface area contributed by atoms with Crippen LogP contribution >= 0.6 is 11.8 Å². The molecule has 0 saturated carbocycles. The van der Waals surface area contributed by atoms with E-state index in [4.69, 9.17) is 5.84 Å². The predicted octanol–water partition coefficient (Wildman–Crippen LogP) is 5.18. The van der Waals surface area contributed by atoms with Gasteiger partial charge in [-0.2, -0.15) is 4.57 Å². The molecule has 0 spiro atoms. The van der Waals surface area contributed by atoms with Crippen LogP contribution in [0.3, 0.4) is 0 Å². The Morgan fingerprint density at radius 3 is 2.62 bits per heavy atom. The molecule has 2 heterocycles. The first kappa shape index (κ1) is 28.5. The summed E-state index contributed by atoms with van der Waals surface area (Å²) in [5, 5.41) is 24.9. The van der Waals surface area contributed by atoms with Crippen molar-refractivity contribution in [1.82, 2.24) is 5.43 Å². The second-order valence-electron chi connectivity index (χ2n) is 9.73. The van der Waals surface area contributed by atoms with Crippen molar-refractivity contribution in [3.8, 4) is 0 Å². The fourth-order valence-corrected chi connectivity index (χ4v) is 6.02. The molecule has 3 N–H and O–H groups in total. The third-order valence-electron chi connectivity index (χ3n) is 7.18. The second kappa shape index (κ2) is 11.8. The third kappa shape index (κ3) is 5.57. The van der Waals surface area contributed by atoms with E-state index in [1.54, 1.807) is 31.2 Å². The molecule has 1 aliphatic rings. The largest absolute Gasteiger partial charge is 0.338 e. The molecule has 11 nitrogen and oxygen atoms in total. The average Bonchev–Trinajstić information content (AvgIpc) is 3.31. The molecule has 212 valence electrons. The van der Waals surface area contributed by atoms with E-state index in [9.17, 15) is 25.0 Å². The Hall–Kier alpha value is -5.07. The summed E-state index contributed by atoms with van der Waals surface area (Å²) in [7, 11) is 1.93. The Bertz CT molecular complexity index is 1800. The van der Waals surface area contributed by atoms with Crippen LogP contribution in [0.15, 0.2) is 95.0 Å². The number of anilines is 1. The number of allylic oxidation sites excluding steroid dienone is 2. The van der Waals surface area contributed by atoms with Crippen LogP contribution in [0.4, 0.5) is 17.1 Å². The summed E-state index contributed by atoms with van der Waals surface area (Å²) in [5.41, 5.74) is 5.85. The molecule has 5 rings (SSSR count). The van der Waals surface area contributed by atoms with Gasteiger partial charge >= 0.3 is 0 Å². The van der Waals surface area contributed by atoms with Gasteiger partial charge in [-0.3, -0.25) is 30.4 Å². The molecule has 1 aliphatic heterocycles. The van der Waals surface area contributed by atoms with Gasteiger partial charge in [0, 0.05) is 53.4 Å². The number of pyridine rings is 1. The average molecular weight is 584 g/mol. The van der Waals surface area contributed by atoms with Gasteiger partial charge in [-0.15, -0.1) is 0 Å². The Kier molecular flexibility index (Phi) is 8.00. The summed E-state index contributed by atoms with van der Waals surface area (Å²) in [6.45, 7) is 1.96. The van der Waals surface area contributed by atoms with Gasteiger partial charge in [-0.05, 0) is 30.7 Å². The fourth-order valence-electron chi connectivity index (χ4n) is 4.92. The van der Waals surface area contributed by atoms with Crippen molar-refractivity contribution in [1.29, 1.82) is 0 Å². The van der Waals surface area contributed by atoms with E-state index in [1.165, 1.54) is 23.9 Å². The number of amides is 1. The van der Waals surface area contributed by atoms with Gasteiger partial charge in [-0.25, -0.2) is 5.84 Å². The van der Waals surface area contributed by atoms with Crippen LogP contribution < -0.4 is 20.7 Å². The van der Waals surface area contributed by atoms with Crippen molar-refractivity contribution >= 4 is 51.7 Å². The Morgan fingerprint density at radius 2 is 1.88 bits per heavy atom. The van der Waals surface area contributed by atoms with Gasteiger partial charge in [0.25, 0.3) is 11.4 Å². The molecule has 1 amide bonds. The smallest absolute Gasteiger partial charge is 0.273 e. The van der Waals surface area contributed by atoms with Crippen molar-refractivity contribution in [2.24, 2.45) is 5.84 Å². The number of carbonyl (C=O) groups excluding carboxylic acids is 1. The van der Waals surface area contributed by atoms with E-state index in [1.807, 2.05) is 71.3 Å². The molecule has 1 aromatic heterocycles. The minimum absolute atomic E-state index is 0.0644. The fraction of sp³-hybridized carbons (Fsp3) is 0.133. The van der Waals surface area contributed by atoms with Crippen LogP contribution in [0.2, 0.25) is 0 Å². The first-order valence-corrected chi connectivity index (χ1v) is 13.8. The molecule has 42 heavy (non-hydrogen) atoms. The van der Waals surface area contributed by atoms with Gasteiger partial charge in [-0.1, -0.05) is 48.2 Å². The number of benzene rings is 3. The van der Waals surface area contributed by atoms with Gasteiger partial charge in [0.2, 0.25) is 11.4 Å². The van der Waals surface area contributed by atoms with Crippen LogP contribution in [0.5, 0.6) is 0 Å². The minimum Gasteiger partial charge on any atom is -0.338 e. The number of aromatic nitrogens is 1. The zero-order valence-corrected chi connectivity index (χ0v) is 23.6. The maximum Gasteiger partial charge on any atom is 0.273 e. The van der Waals surface area contributed by atoms with Crippen LogP contribution in [0.25, 0.3) is 17.0 Å². The lowest BCUT2D eigenvalue weighted by Gasteiger charge is -2.12. The molecule has 1 atom stereocenters. The second-order valence-corrected chi connectivity index (χ2v) is 10.8. The number of thioether (sulfide) groups is 1. The normalized spacial score (nSPS) is 14.4.